The highest BCUT2D eigenvalue weighted by Crippen LogP contribution is 2.24. The van der Waals surface area contributed by atoms with Crippen LogP contribution in [0, 0.1) is 5.92 Å². The van der Waals surface area contributed by atoms with Gasteiger partial charge >= 0.3 is 6.03 Å². The Hall–Kier alpha value is -1.46. The van der Waals surface area contributed by atoms with Gasteiger partial charge in [0.05, 0.1) is 12.6 Å². The molecule has 3 N–H and O–H groups in total. The zero-order chi connectivity index (χ0) is 15.1. The zero-order valence-corrected chi connectivity index (χ0v) is 12.6. The summed E-state index contributed by atoms with van der Waals surface area (Å²) in [6.07, 6.45) is 2.39. The Morgan fingerprint density at radius 1 is 1.29 bits per heavy atom. The van der Waals surface area contributed by atoms with E-state index in [9.17, 15) is 9.90 Å². The molecule has 116 valence electrons. The number of amides is 2. The predicted molar refractivity (Wildman–Crippen MR) is 81.7 cm³/mol. The molecule has 1 aliphatic rings. The van der Waals surface area contributed by atoms with E-state index in [0.29, 0.717) is 30.6 Å². The summed E-state index contributed by atoms with van der Waals surface area (Å²) in [7, 11) is 0. The van der Waals surface area contributed by atoms with Gasteiger partial charge in [0.2, 0.25) is 0 Å². The largest absolute Gasteiger partial charge is 0.492 e. The Balaban J connectivity index is 1.54. The fourth-order valence-corrected chi connectivity index (χ4v) is 2.52. The molecule has 0 aliphatic heterocycles. The van der Waals surface area contributed by atoms with Gasteiger partial charge in [-0.3, -0.25) is 0 Å². The van der Waals surface area contributed by atoms with Crippen LogP contribution >= 0.6 is 11.6 Å². The number of halogens is 1. The maximum Gasteiger partial charge on any atom is 0.314 e. The third kappa shape index (κ3) is 5.81. The highest BCUT2D eigenvalue weighted by atomic mass is 35.5. The van der Waals surface area contributed by atoms with Crippen molar-refractivity contribution in [3.8, 4) is 5.75 Å². The van der Waals surface area contributed by atoms with Crippen molar-refractivity contribution in [2.45, 2.75) is 25.4 Å². The molecule has 2 amide bonds. The Morgan fingerprint density at radius 2 is 2.05 bits per heavy atom. The highest BCUT2D eigenvalue weighted by molar-refractivity contribution is 6.30. The number of nitrogens with one attached hydrogen (secondary N) is 2. The second-order valence-corrected chi connectivity index (χ2v) is 5.71. The van der Waals surface area contributed by atoms with E-state index in [4.69, 9.17) is 16.3 Å². The van der Waals surface area contributed by atoms with Gasteiger partial charge in [-0.05, 0) is 49.4 Å². The van der Waals surface area contributed by atoms with E-state index in [1.165, 1.54) is 0 Å². The predicted octanol–water partition coefficient (Wildman–Crippen LogP) is 2.18. The van der Waals surface area contributed by atoms with Gasteiger partial charge in [0, 0.05) is 11.6 Å². The topological polar surface area (TPSA) is 70.6 Å². The third-order valence-corrected chi connectivity index (χ3v) is 3.79. The molecule has 1 aromatic rings. The van der Waals surface area contributed by atoms with Gasteiger partial charge in [0.25, 0.3) is 0 Å². The van der Waals surface area contributed by atoms with Gasteiger partial charge in [-0.25, -0.2) is 4.79 Å². The fraction of sp³-hybridized carbons (Fsp3) is 0.533. The molecule has 0 spiro atoms. The molecule has 0 heterocycles. The molecule has 0 radical (unpaired) electrons. The molecule has 0 bridgehead atoms. The van der Waals surface area contributed by atoms with E-state index < -0.39 is 0 Å². The van der Waals surface area contributed by atoms with Crippen LogP contribution in [0.25, 0.3) is 0 Å². The highest BCUT2D eigenvalue weighted by Gasteiger charge is 2.22. The first-order valence-corrected chi connectivity index (χ1v) is 7.59. The van der Waals surface area contributed by atoms with Crippen molar-refractivity contribution in [2.75, 3.05) is 19.7 Å². The molecule has 1 aromatic carbocycles. The number of carbonyl (C=O) groups excluding carboxylic acids is 1. The first kappa shape index (κ1) is 15.9. The van der Waals surface area contributed by atoms with Crippen LogP contribution in [0.15, 0.2) is 24.3 Å². The number of ether oxygens (including phenoxy) is 1. The van der Waals surface area contributed by atoms with Gasteiger partial charge < -0.3 is 20.5 Å². The summed E-state index contributed by atoms with van der Waals surface area (Å²) in [5.74, 6) is 1.11. The molecule has 5 nitrogen and oxygen atoms in total. The monoisotopic (exact) mass is 312 g/mol. The van der Waals surface area contributed by atoms with Crippen LogP contribution in [-0.2, 0) is 0 Å². The summed E-state index contributed by atoms with van der Waals surface area (Å²) in [5.41, 5.74) is 0. The number of hydrogen-bond donors (Lipinski definition) is 3. The lowest BCUT2D eigenvalue weighted by Crippen LogP contribution is -2.39. The van der Waals surface area contributed by atoms with Crippen molar-refractivity contribution in [3.05, 3.63) is 29.3 Å². The lowest BCUT2D eigenvalue weighted by Gasteiger charge is -2.12. The molecular formula is C15H21ClN2O3. The molecule has 2 atom stereocenters. The molecule has 0 saturated heterocycles. The van der Waals surface area contributed by atoms with E-state index in [0.717, 1.165) is 25.0 Å². The van der Waals surface area contributed by atoms with Gasteiger partial charge in [-0.2, -0.15) is 0 Å². The van der Waals surface area contributed by atoms with Crippen molar-refractivity contribution in [3.63, 3.8) is 0 Å². The van der Waals surface area contributed by atoms with E-state index in [2.05, 4.69) is 10.6 Å². The minimum atomic E-state index is -0.201. The lowest BCUT2D eigenvalue weighted by molar-refractivity contribution is 0.177. The first-order chi connectivity index (χ1) is 10.1. The maximum atomic E-state index is 11.6. The quantitative estimate of drug-likeness (QED) is 0.705. The number of hydrogen-bond acceptors (Lipinski definition) is 3. The minimum absolute atomic E-state index is 0.198. The Labute approximate surface area is 129 Å². The van der Waals surface area contributed by atoms with Crippen LogP contribution in [0.2, 0.25) is 5.02 Å². The smallest absolute Gasteiger partial charge is 0.314 e. The summed E-state index contributed by atoms with van der Waals surface area (Å²) in [4.78, 5) is 11.6. The van der Waals surface area contributed by atoms with Crippen LogP contribution in [0.5, 0.6) is 5.75 Å². The van der Waals surface area contributed by atoms with Gasteiger partial charge in [-0.15, -0.1) is 0 Å². The standard InChI is InChI=1S/C15H21ClN2O3/c16-12-2-5-14(6-3-12)21-8-7-17-15(20)18-10-11-1-4-13(19)9-11/h2-3,5-6,11,13,19H,1,4,7-10H2,(H2,17,18,20)/t11-,13-/m0/s1. The normalized spacial score (nSPS) is 21.0. The number of rotatable bonds is 6. The number of urea groups is 1. The van der Waals surface area contributed by atoms with E-state index in [1.807, 2.05) is 0 Å². The van der Waals surface area contributed by atoms with E-state index >= 15 is 0 Å². The molecule has 0 aromatic heterocycles. The van der Waals surface area contributed by atoms with Gasteiger partial charge in [-0.1, -0.05) is 11.6 Å². The Bertz CT molecular complexity index is 453. The summed E-state index contributed by atoms with van der Waals surface area (Å²) in [5, 5.41) is 15.6. The summed E-state index contributed by atoms with van der Waals surface area (Å²) < 4.78 is 5.47. The lowest BCUT2D eigenvalue weighted by atomic mass is 10.1. The molecule has 1 aliphatic carbocycles. The fourth-order valence-electron chi connectivity index (χ4n) is 2.40. The summed E-state index contributed by atoms with van der Waals surface area (Å²) >= 11 is 5.78. The van der Waals surface area contributed by atoms with E-state index in [1.54, 1.807) is 24.3 Å². The van der Waals surface area contributed by atoms with Crippen molar-refractivity contribution in [2.24, 2.45) is 5.92 Å². The second-order valence-electron chi connectivity index (χ2n) is 5.27. The average molecular weight is 313 g/mol. The molecule has 1 fully saturated rings. The molecule has 1 saturated carbocycles. The van der Waals surface area contributed by atoms with Crippen molar-refractivity contribution in [1.29, 1.82) is 0 Å². The van der Waals surface area contributed by atoms with Crippen molar-refractivity contribution < 1.29 is 14.6 Å². The van der Waals surface area contributed by atoms with Crippen LogP contribution in [0.4, 0.5) is 4.79 Å². The van der Waals surface area contributed by atoms with E-state index in [-0.39, 0.29) is 12.1 Å². The molecule has 2 rings (SSSR count). The van der Waals surface area contributed by atoms with Crippen molar-refractivity contribution >= 4 is 17.6 Å². The van der Waals surface area contributed by atoms with Crippen molar-refractivity contribution in [1.82, 2.24) is 10.6 Å². The third-order valence-electron chi connectivity index (χ3n) is 3.53. The van der Waals surface area contributed by atoms with Gasteiger partial charge in [0.1, 0.15) is 12.4 Å². The maximum absolute atomic E-state index is 11.6. The number of aliphatic hydroxyl groups is 1. The second kappa shape index (κ2) is 8.10. The molecule has 6 heteroatoms. The zero-order valence-electron chi connectivity index (χ0n) is 11.8. The summed E-state index contributed by atoms with van der Waals surface area (Å²) in [6.45, 7) is 1.44. The summed E-state index contributed by atoms with van der Waals surface area (Å²) in [6, 6.07) is 6.89. The first-order valence-electron chi connectivity index (χ1n) is 7.21. The molecular weight excluding hydrogens is 292 g/mol. The molecule has 21 heavy (non-hydrogen) atoms. The number of aliphatic hydroxyl groups excluding tert-OH is 1. The number of benzene rings is 1. The van der Waals surface area contributed by atoms with Crippen LogP contribution in [0.3, 0.4) is 0 Å². The van der Waals surface area contributed by atoms with Gasteiger partial charge in [0.15, 0.2) is 0 Å². The number of carbonyl (C=O) groups is 1. The molecule has 0 unspecified atom stereocenters. The minimum Gasteiger partial charge on any atom is -0.492 e. The SMILES string of the molecule is O=C(NCCOc1ccc(Cl)cc1)NC[C@H]1CC[C@H](O)C1. The average Bonchev–Trinajstić information content (AvgIpc) is 2.89. The Kier molecular flexibility index (Phi) is 6.14. The van der Waals surface area contributed by atoms with Crippen LogP contribution in [0.1, 0.15) is 19.3 Å². The van der Waals surface area contributed by atoms with Crippen LogP contribution < -0.4 is 15.4 Å². The Morgan fingerprint density at radius 3 is 2.71 bits per heavy atom. The van der Waals surface area contributed by atoms with Crippen LogP contribution in [-0.4, -0.2) is 36.9 Å².